The van der Waals surface area contributed by atoms with E-state index in [0.29, 0.717) is 0 Å². The minimum Gasteiger partial charge on any atom is -0.472 e. The number of pyridine rings is 1. The van der Waals surface area contributed by atoms with Crippen LogP contribution < -0.4 is 4.74 Å². The van der Waals surface area contributed by atoms with Crippen LogP contribution in [-0.4, -0.2) is 37.0 Å². The van der Waals surface area contributed by atoms with Gasteiger partial charge in [-0.05, 0) is 6.07 Å². The first-order valence-corrected chi connectivity index (χ1v) is 5.30. The highest BCUT2D eigenvalue weighted by Crippen LogP contribution is 2.19. The second kappa shape index (κ2) is 7.13. The molecule has 4 nitrogen and oxygen atoms in total. The topological polar surface area (TPSA) is 48.4 Å². The van der Waals surface area contributed by atoms with E-state index in [1.165, 1.54) is 0 Å². The summed E-state index contributed by atoms with van der Waals surface area (Å²) < 4.78 is 56.2. The molecule has 0 fully saturated rings. The lowest BCUT2D eigenvalue weighted by atomic mass is 10.3. The molecule has 0 aliphatic carbocycles. The van der Waals surface area contributed by atoms with Crippen LogP contribution in [0.2, 0.25) is 5.15 Å². The van der Waals surface area contributed by atoms with Crippen LogP contribution in [0.4, 0.5) is 17.6 Å². The van der Waals surface area contributed by atoms with Gasteiger partial charge in [0.1, 0.15) is 5.15 Å². The molecule has 106 valence electrons. The molecular formula is C10H8ClF4NO3. The van der Waals surface area contributed by atoms with Gasteiger partial charge in [-0.15, -0.1) is 0 Å². The number of ether oxygens (including phenoxy) is 2. The lowest BCUT2D eigenvalue weighted by Gasteiger charge is -2.08. The van der Waals surface area contributed by atoms with Crippen LogP contribution in [0, 0.1) is 0 Å². The minimum absolute atomic E-state index is 0.212. The maximum Gasteiger partial charge on any atom is 0.341 e. The smallest absolute Gasteiger partial charge is 0.341 e. The zero-order chi connectivity index (χ0) is 14.4. The molecule has 1 rings (SSSR count). The summed E-state index contributed by atoms with van der Waals surface area (Å²) in [5.74, 6) is -1.30. The third-order valence-corrected chi connectivity index (χ3v) is 2.03. The largest absolute Gasteiger partial charge is 0.472 e. The molecule has 1 heterocycles. The van der Waals surface area contributed by atoms with Crippen molar-refractivity contribution in [3.63, 3.8) is 0 Å². The SMILES string of the molecule is O=C(OCC(F)F)c1ccc(OCC(F)F)nc1Cl. The standard InChI is InChI=1S/C10H8ClF4NO3/c11-9-5(10(17)19-4-7(14)15)1-2-8(16-9)18-3-6(12)13/h1-2,6-7H,3-4H2. The van der Waals surface area contributed by atoms with E-state index < -0.39 is 32.0 Å². The molecule has 0 unspecified atom stereocenters. The van der Waals surface area contributed by atoms with Crippen molar-refractivity contribution in [1.82, 2.24) is 4.98 Å². The fraction of sp³-hybridized carbons (Fsp3) is 0.400. The van der Waals surface area contributed by atoms with Crippen LogP contribution in [0.15, 0.2) is 12.1 Å². The average Bonchev–Trinajstić information content (AvgIpc) is 2.33. The number of hydrogen-bond acceptors (Lipinski definition) is 4. The molecule has 19 heavy (non-hydrogen) atoms. The van der Waals surface area contributed by atoms with Gasteiger partial charge in [-0.1, -0.05) is 11.6 Å². The van der Waals surface area contributed by atoms with E-state index >= 15 is 0 Å². The summed E-state index contributed by atoms with van der Waals surface area (Å²) >= 11 is 5.59. The van der Waals surface area contributed by atoms with Crippen molar-refractivity contribution in [2.75, 3.05) is 13.2 Å². The normalized spacial score (nSPS) is 10.9. The van der Waals surface area contributed by atoms with E-state index in [1.807, 2.05) is 0 Å². The maximum absolute atomic E-state index is 11.9. The Balaban J connectivity index is 2.68. The number of alkyl halides is 4. The molecule has 0 bridgehead atoms. The summed E-state index contributed by atoms with van der Waals surface area (Å²) in [6.07, 6.45) is -5.49. The van der Waals surface area contributed by atoms with Gasteiger partial charge in [0.05, 0.1) is 5.56 Å². The zero-order valence-corrected chi connectivity index (χ0v) is 10.0. The van der Waals surface area contributed by atoms with Crippen molar-refractivity contribution in [1.29, 1.82) is 0 Å². The van der Waals surface area contributed by atoms with E-state index in [1.54, 1.807) is 0 Å². The molecule has 0 N–H and O–H groups in total. The van der Waals surface area contributed by atoms with Gasteiger partial charge in [0.15, 0.2) is 13.2 Å². The van der Waals surface area contributed by atoms with Crippen molar-refractivity contribution in [2.45, 2.75) is 12.9 Å². The van der Waals surface area contributed by atoms with Crippen LogP contribution in [-0.2, 0) is 4.74 Å². The van der Waals surface area contributed by atoms with Gasteiger partial charge in [0.2, 0.25) is 5.88 Å². The van der Waals surface area contributed by atoms with Crippen LogP contribution >= 0.6 is 11.6 Å². The molecule has 0 aromatic carbocycles. The van der Waals surface area contributed by atoms with Gasteiger partial charge in [-0.2, -0.15) is 0 Å². The molecular weight excluding hydrogens is 294 g/mol. The lowest BCUT2D eigenvalue weighted by Crippen LogP contribution is -2.13. The van der Waals surface area contributed by atoms with Gasteiger partial charge in [-0.3, -0.25) is 0 Å². The number of aromatic nitrogens is 1. The summed E-state index contributed by atoms with van der Waals surface area (Å²) in [5, 5.41) is -0.383. The highest BCUT2D eigenvalue weighted by molar-refractivity contribution is 6.32. The lowest BCUT2D eigenvalue weighted by molar-refractivity contribution is 0.0159. The summed E-state index contributed by atoms with van der Waals surface area (Å²) in [6, 6.07) is 2.19. The Kier molecular flexibility index (Phi) is 5.81. The minimum atomic E-state index is -2.80. The first-order chi connectivity index (χ1) is 8.90. The van der Waals surface area contributed by atoms with Crippen molar-refractivity contribution < 1.29 is 31.8 Å². The fourth-order valence-electron chi connectivity index (χ4n) is 1.02. The number of rotatable bonds is 6. The number of esters is 1. The van der Waals surface area contributed by atoms with E-state index in [0.717, 1.165) is 12.1 Å². The average molecular weight is 302 g/mol. The fourth-order valence-corrected chi connectivity index (χ4v) is 1.24. The highest BCUT2D eigenvalue weighted by atomic mass is 35.5. The molecule has 0 amide bonds. The quantitative estimate of drug-likeness (QED) is 0.460. The van der Waals surface area contributed by atoms with Crippen molar-refractivity contribution >= 4 is 17.6 Å². The van der Waals surface area contributed by atoms with Crippen LogP contribution in [0.5, 0.6) is 5.88 Å². The Labute approximate surface area is 110 Å². The number of carbonyl (C=O) groups is 1. The molecule has 1 aromatic heterocycles. The molecule has 0 atom stereocenters. The second-order valence-electron chi connectivity index (χ2n) is 3.18. The molecule has 0 saturated heterocycles. The Morgan fingerprint density at radius 2 is 1.84 bits per heavy atom. The molecule has 0 aliphatic heterocycles. The first kappa shape index (κ1) is 15.5. The van der Waals surface area contributed by atoms with Gasteiger partial charge < -0.3 is 9.47 Å². The zero-order valence-electron chi connectivity index (χ0n) is 9.29. The Bertz CT molecular complexity index is 445. The Morgan fingerprint density at radius 3 is 2.37 bits per heavy atom. The Hall–Kier alpha value is -1.57. The molecule has 9 heteroatoms. The number of nitrogens with zero attached hydrogens (tertiary/aromatic N) is 1. The summed E-state index contributed by atoms with van der Waals surface area (Å²) in [6.45, 7) is -1.95. The van der Waals surface area contributed by atoms with Gasteiger partial charge in [0, 0.05) is 6.07 Å². The van der Waals surface area contributed by atoms with Crippen LogP contribution in [0.25, 0.3) is 0 Å². The number of carbonyl (C=O) groups excluding carboxylic acids is 1. The third-order valence-electron chi connectivity index (χ3n) is 1.74. The van der Waals surface area contributed by atoms with E-state index in [9.17, 15) is 22.4 Å². The second-order valence-corrected chi connectivity index (χ2v) is 3.54. The van der Waals surface area contributed by atoms with Gasteiger partial charge >= 0.3 is 5.97 Å². The van der Waals surface area contributed by atoms with Crippen molar-refractivity contribution in [3.05, 3.63) is 22.8 Å². The third kappa shape index (κ3) is 5.29. The maximum atomic E-state index is 11.9. The Morgan fingerprint density at radius 1 is 1.21 bits per heavy atom. The highest BCUT2D eigenvalue weighted by Gasteiger charge is 2.16. The molecule has 1 aromatic rings. The first-order valence-electron chi connectivity index (χ1n) is 4.93. The van der Waals surface area contributed by atoms with E-state index in [2.05, 4.69) is 14.5 Å². The summed E-state index contributed by atoms with van der Waals surface area (Å²) in [5.41, 5.74) is -0.258. The molecule has 0 saturated carbocycles. The van der Waals surface area contributed by atoms with Gasteiger partial charge in [-0.25, -0.2) is 27.3 Å². The van der Waals surface area contributed by atoms with Crippen molar-refractivity contribution in [2.24, 2.45) is 0 Å². The van der Waals surface area contributed by atoms with E-state index in [4.69, 9.17) is 11.6 Å². The monoisotopic (exact) mass is 301 g/mol. The molecule has 0 aliphatic rings. The molecule has 0 radical (unpaired) electrons. The molecule has 0 spiro atoms. The van der Waals surface area contributed by atoms with Crippen LogP contribution in [0.3, 0.4) is 0 Å². The predicted molar refractivity (Wildman–Crippen MR) is 57.0 cm³/mol. The van der Waals surface area contributed by atoms with E-state index in [-0.39, 0.29) is 16.6 Å². The van der Waals surface area contributed by atoms with Crippen LogP contribution in [0.1, 0.15) is 10.4 Å². The van der Waals surface area contributed by atoms with Gasteiger partial charge in [0.25, 0.3) is 12.9 Å². The van der Waals surface area contributed by atoms with Crippen molar-refractivity contribution in [3.8, 4) is 5.88 Å². The summed E-state index contributed by atoms with van der Waals surface area (Å²) in [4.78, 5) is 14.8. The predicted octanol–water partition coefficient (Wildman–Crippen LogP) is 2.80. The summed E-state index contributed by atoms with van der Waals surface area (Å²) in [7, 11) is 0. The number of halogens is 5. The number of hydrogen-bond donors (Lipinski definition) is 0.